The van der Waals surface area contributed by atoms with Crippen LogP contribution < -0.4 is 0 Å². The molecule has 0 radical (unpaired) electrons. The Morgan fingerprint density at radius 3 is 1.70 bits per heavy atom. The van der Waals surface area contributed by atoms with Crippen molar-refractivity contribution in [3.05, 3.63) is 22.3 Å². The molecular formula is C18H33NO4. The van der Waals surface area contributed by atoms with Crippen molar-refractivity contribution in [2.45, 2.75) is 89.9 Å². The Bertz CT molecular complexity index is 329. The number of hydrogen-bond acceptors (Lipinski definition) is 3. The van der Waals surface area contributed by atoms with Gasteiger partial charge in [0.2, 0.25) is 6.54 Å². The third-order valence-corrected chi connectivity index (χ3v) is 3.89. The lowest BCUT2D eigenvalue weighted by atomic mass is 10.1. The molecule has 0 aromatic carbocycles. The summed E-state index contributed by atoms with van der Waals surface area (Å²) in [5, 5.41) is 18.7. The van der Waals surface area contributed by atoms with E-state index in [-0.39, 0.29) is 11.5 Å². The minimum Gasteiger partial charge on any atom is -0.481 e. The molecule has 0 aliphatic carbocycles. The fourth-order valence-corrected chi connectivity index (χ4v) is 2.51. The number of nitrogens with zero attached hydrogens (tertiary/aromatic N) is 1. The normalized spacial score (nSPS) is 11.1. The second-order valence-electron chi connectivity index (χ2n) is 6.14. The van der Waals surface area contributed by atoms with E-state index in [4.69, 9.17) is 5.11 Å². The van der Waals surface area contributed by atoms with Crippen LogP contribution in [0.25, 0.3) is 0 Å². The second kappa shape index (κ2) is 17.0. The van der Waals surface area contributed by atoms with Crippen molar-refractivity contribution in [1.29, 1.82) is 0 Å². The van der Waals surface area contributed by atoms with Gasteiger partial charge in [-0.25, -0.2) is 0 Å². The van der Waals surface area contributed by atoms with Gasteiger partial charge in [-0.1, -0.05) is 50.7 Å². The van der Waals surface area contributed by atoms with Gasteiger partial charge >= 0.3 is 5.97 Å². The first-order chi connectivity index (χ1) is 11.1. The number of unbranched alkanes of at least 4 members (excludes halogenated alkanes) is 11. The number of nitro groups is 1. The van der Waals surface area contributed by atoms with Crippen LogP contribution in [0.3, 0.4) is 0 Å². The van der Waals surface area contributed by atoms with Crippen LogP contribution in [0.4, 0.5) is 0 Å². The van der Waals surface area contributed by atoms with E-state index in [0.717, 1.165) is 44.9 Å². The summed E-state index contributed by atoms with van der Waals surface area (Å²) in [6.45, 7) is 0.113. The van der Waals surface area contributed by atoms with Gasteiger partial charge in [0.15, 0.2) is 0 Å². The smallest absolute Gasteiger partial charge is 0.303 e. The molecule has 0 spiro atoms. The number of carboxylic acids is 1. The monoisotopic (exact) mass is 327 g/mol. The first kappa shape index (κ1) is 21.6. The maximum absolute atomic E-state index is 10.3. The zero-order valence-electron chi connectivity index (χ0n) is 14.4. The molecule has 23 heavy (non-hydrogen) atoms. The number of rotatable bonds is 17. The highest BCUT2D eigenvalue weighted by atomic mass is 16.6. The molecule has 1 N–H and O–H groups in total. The van der Waals surface area contributed by atoms with Crippen LogP contribution in [-0.2, 0) is 4.79 Å². The third-order valence-electron chi connectivity index (χ3n) is 3.89. The molecular weight excluding hydrogens is 294 g/mol. The van der Waals surface area contributed by atoms with Crippen LogP contribution in [0, 0.1) is 10.1 Å². The van der Waals surface area contributed by atoms with Crippen LogP contribution in [0.1, 0.15) is 89.9 Å². The quantitative estimate of drug-likeness (QED) is 0.169. The highest BCUT2D eigenvalue weighted by molar-refractivity contribution is 5.66. The fourth-order valence-electron chi connectivity index (χ4n) is 2.51. The van der Waals surface area contributed by atoms with Crippen molar-refractivity contribution in [3.63, 3.8) is 0 Å². The summed E-state index contributed by atoms with van der Waals surface area (Å²) >= 11 is 0. The Kier molecular flexibility index (Phi) is 15.9. The Labute approximate surface area is 140 Å². The number of carboxylic acid groups (broad SMARTS) is 1. The molecule has 0 aliphatic heterocycles. The highest BCUT2D eigenvalue weighted by Gasteiger charge is 1.97. The van der Waals surface area contributed by atoms with Crippen molar-refractivity contribution in [1.82, 2.24) is 0 Å². The van der Waals surface area contributed by atoms with Gasteiger partial charge in [-0.3, -0.25) is 14.9 Å². The summed E-state index contributed by atoms with van der Waals surface area (Å²) in [4.78, 5) is 20.3. The van der Waals surface area contributed by atoms with E-state index in [0.29, 0.717) is 12.8 Å². The van der Waals surface area contributed by atoms with Crippen LogP contribution in [0.5, 0.6) is 0 Å². The Morgan fingerprint density at radius 1 is 0.783 bits per heavy atom. The van der Waals surface area contributed by atoms with Crippen molar-refractivity contribution in [2.24, 2.45) is 0 Å². The van der Waals surface area contributed by atoms with Crippen molar-refractivity contribution in [2.75, 3.05) is 6.54 Å². The lowest BCUT2D eigenvalue weighted by Crippen LogP contribution is -1.99. The van der Waals surface area contributed by atoms with Crippen molar-refractivity contribution in [3.8, 4) is 0 Å². The van der Waals surface area contributed by atoms with Gasteiger partial charge in [0, 0.05) is 17.8 Å². The molecule has 0 atom stereocenters. The van der Waals surface area contributed by atoms with E-state index in [1.807, 2.05) is 0 Å². The minimum atomic E-state index is -0.690. The summed E-state index contributed by atoms with van der Waals surface area (Å²) in [7, 11) is 0. The molecule has 0 heterocycles. The number of aliphatic carboxylic acids is 1. The minimum absolute atomic E-state index is 0.113. The van der Waals surface area contributed by atoms with E-state index in [1.54, 1.807) is 0 Å². The average molecular weight is 327 g/mol. The van der Waals surface area contributed by atoms with E-state index in [2.05, 4.69) is 12.2 Å². The van der Waals surface area contributed by atoms with Gasteiger partial charge in [0.1, 0.15) is 0 Å². The molecule has 0 fully saturated rings. The lowest BCUT2D eigenvalue weighted by molar-refractivity contribution is -0.480. The number of hydrogen-bond donors (Lipinski definition) is 1. The van der Waals surface area contributed by atoms with Gasteiger partial charge in [0.25, 0.3) is 0 Å². The SMILES string of the molecule is O=C(O)CCCCCCC/C=C/CCCCCCCC[N+](=O)[O-]. The van der Waals surface area contributed by atoms with Crippen LogP contribution >= 0.6 is 0 Å². The Morgan fingerprint density at radius 2 is 1.22 bits per heavy atom. The van der Waals surface area contributed by atoms with E-state index >= 15 is 0 Å². The maximum Gasteiger partial charge on any atom is 0.303 e. The largest absolute Gasteiger partial charge is 0.481 e. The summed E-state index contributed by atoms with van der Waals surface area (Å²) in [5.41, 5.74) is 0. The molecule has 0 aromatic heterocycles. The van der Waals surface area contributed by atoms with Gasteiger partial charge in [-0.2, -0.15) is 0 Å². The predicted octanol–water partition coefficient (Wildman–Crippen LogP) is 5.37. The molecule has 0 aromatic rings. The van der Waals surface area contributed by atoms with Crippen LogP contribution in [-0.4, -0.2) is 22.5 Å². The molecule has 5 nitrogen and oxygen atoms in total. The maximum atomic E-state index is 10.3. The van der Waals surface area contributed by atoms with Gasteiger partial charge in [-0.15, -0.1) is 0 Å². The van der Waals surface area contributed by atoms with Gasteiger partial charge in [0.05, 0.1) is 0 Å². The summed E-state index contributed by atoms with van der Waals surface area (Å²) in [6.07, 6.45) is 18.8. The standard InChI is InChI=1S/C18H33NO4/c20-18(21)16-14-12-10-8-6-4-2-1-3-5-7-9-11-13-15-17-19(22)23/h1-2H,3-17H2,(H,20,21)/b2-1+. The molecule has 0 bridgehead atoms. The van der Waals surface area contributed by atoms with E-state index < -0.39 is 5.97 Å². The summed E-state index contributed by atoms with van der Waals surface area (Å²) in [5.74, 6) is -0.690. The molecule has 0 saturated heterocycles. The predicted molar refractivity (Wildman–Crippen MR) is 93.3 cm³/mol. The van der Waals surface area contributed by atoms with E-state index in [1.165, 1.54) is 32.1 Å². The van der Waals surface area contributed by atoms with Crippen molar-refractivity contribution < 1.29 is 14.8 Å². The molecule has 5 heteroatoms. The fraction of sp³-hybridized carbons (Fsp3) is 0.833. The summed E-state index contributed by atoms with van der Waals surface area (Å²) < 4.78 is 0. The zero-order chi connectivity index (χ0) is 17.2. The molecule has 0 unspecified atom stereocenters. The van der Waals surface area contributed by atoms with Gasteiger partial charge < -0.3 is 5.11 Å². The van der Waals surface area contributed by atoms with E-state index in [9.17, 15) is 14.9 Å². The first-order valence-electron chi connectivity index (χ1n) is 9.11. The lowest BCUT2D eigenvalue weighted by Gasteiger charge is -1.99. The topological polar surface area (TPSA) is 80.4 Å². The van der Waals surface area contributed by atoms with Gasteiger partial charge in [-0.05, 0) is 38.5 Å². The zero-order valence-corrected chi connectivity index (χ0v) is 14.4. The second-order valence-corrected chi connectivity index (χ2v) is 6.14. The third kappa shape index (κ3) is 20.6. The molecule has 0 amide bonds. The molecule has 0 aliphatic rings. The summed E-state index contributed by atoms with van der Waals surface area (Å²) in [6, 6.07) is 0. The average Bonchev–Trinajstić information content (AvgIpc) is 2.49. The Hall–Kier alpha value is -1.39. The first-order valence-corrected chi connectivity index (χ1v) is 9.11. The Balaban J connectivity index is 3.11. The highest BCUT2D eigenvalue weighted by Crippen LogP contribution is 2.10. The number of carbonyl (C=O) groups is 1. The van der Waals surface area contributed by atoms with Crippen molar-refractivity contribution >= 4 is 5.97 Å². The van der Waals surface area contributed by atoms with Crippen LogP contribution in [0.2, 0.25) is 0 Å². The molecule has 0 rings (SSSR count). The molecule has 0 saturated carbocycles. The number of allylic oxidation sites excluding steroid dienone is 2. The molecule has 134 valence electrons. The van der Waals surface area contributed by atoms with Crippen LogP contribution in [0.15, 0.2) is 12.2 Å².